The second-order valence-electron chi connectivity index (χ2n) is 5.65. The molecule has 26 heavy (non-hydrogen) atoms. The normalized spacial score (nSPS) is 11.2. The van der Waals surface area contributed by atoms with Crippen molar-refractivity contribution in [1.29, 1.82) is 0 Å². The van der Waals surface area contributed by atoms with E-state index in [4.69, 9.17) is 9.47 Å². The Kier molecular flexibility index (Phi) is 6.10. The molecule has 3 rings (SSSR count). The summed E-state index contributed by atoms with van der Waals surface area (Å²) in [7, 11) is 1.62. The smallest absolute Gasteiger partial charge is 0.139 e. The minimum absolute atomic E-state index is 0.115. The molecule has 0 aliphatic carbocycles. The van der Waals surface area contributed by atoms with Gasteiger partial charge in [-0.1, -0.05) is 0 Å². The maximum atomic E-state index is 13.3. The second kappa shape index (κ2) is 8.50. The Hall–Kier alpha value is -2.13. The first-order chi connectivity index (χ1) is 12.6. The molecule has 2 aromatic heterocycles. The van der Waals surface area contributed by atoms with Crippen LogP contribution >= 0.6 is 11.3 Å². The highest BCUT2D eigenvalue weighted by Gasteiger charge is 2.20. The van der Waals surface area contributed by atoms with Crippen molar-refractivity contribution in [1.82, 2.24) is 14.8 Å². The summed E-state index contributed by atoms with van der Waals surface area (Å²) in [6.07, 6.45) is 0. The third-order valence-electron chi connectivity index (χ3n) is 3.90. The molecule has 1 N–H and O–H groups in total. The molecule has 0 saturated carbocycles. The highest BCUT2D eigenvalue weighted by atomic mass is 32.1. The molecule has 0 bridgehead atoms. The van der Waals surface area contributed by atoms with Gasteiger partial charge in [-0.2, -0.15) is 5.10 Å². The van der Waals surface area contributed by atoms with E-state index in [1.165, 1.54) is 23.5 Å². The molecule has 0 saturated heterocycles. The maximum absolute atomic E-state index is 13.3. The molecule has 0 aliphatic rings. The van der Waals surface area contributed by atoms with Gasteiger partial charge in [0.25, 0.3) is 0 Å². The van der Waals surface area contributed by atoms with Gasteiger partial charge in [0.05, 0.1) is 31.1 Å². The summed E-state index contributed by atoms with van der Waals surface area (Å²) >= 11 is 1.44. The van der Waals surface area contributed by atoms with E-state index >= 15 is 0 Å². The van der Waals surface area contributed by atoms with Crippen LogP contribution in [-0.4, -0.2) is 40.2 Å². The second-order valence-corrected chi connectivity index (χ2v) is 6.51. The maximum Gasteiger partial charge on any atom is 0.139 e. The number of aliphatic hydroxyl groups excluding tert-OH is 1. The minimum Gasteiger partial charge on any atom is -0.390 e. The summed E-state index contributed by atoms with van der Waals surface area (Å²) in [6, 6.07) is 6.20. The van der Waals surface area contributed by atoms with Crippen LogP contribution < -0.4 is 0 Å². The average molecular weight is 377 g/mol. The summed E-state index contributed by atoms with van der Waals surface area (Å²) in [4.78, 5) is 4.47. The van der Waals surface area contributed by atoms with Crippen molar-refractivity contribution in [3.05, 3.63) is 46.9 Å². The van der Waals surface area contributed by atoms with Gasteiger partial charge in [0.15, 0.2) is 0 Å². The lowest BCUT2D eigenvalue weighted by Gasteiger charge is -2.05. The van der Waals surface area contributed by atoms with E-state index in [1.807, 2.05) is 12.3 Å². The molecule has 2 heterocycles. The lowest BCUT2D eigenvalue weighted by molar-refractivity contribution is 0.0281. The van der Waals surface area contributed by atoms with Crippen LogP contribution in [-0.2, 0) is 22.8 Å². The summed E-state index contributed by atoms with van der Waals surface area (Å²) in [5.41, 5.74) is 3.85. The van der Waals surface area contributed by atoms with Gasteiger partial charge in [0.2, 0.25) is 0 Å². The monoisotopic (exact) mass is 377 g/mol. The van der Waals surface area contributed by atoms with Crippen molar-refractivity contribution < 1.29 is 19.0 Å². The zero-order valence-electron chi connectivity index (χ0n) is 14.6. The summed E-state index contributed by atoms with van der Waals surface area (Å²) < 4.78 is 25.6. The number of hydrogen-bond acceptors (Lipinski definition) is 6. The largest absolute Gasteiger partial charge is 0.390 e. The molecular weight excluding hydrogens is 357 g/mol. The zero-order valence-corrected chi connectivity index (χ0v) is 15.4. The summed E-state index contributed by atoms with van der Waals surface area (Å²) in [5.74, 6) is -0.300. The molecule has 0 amide bonds. The van der Waals surface area contributed by atoms with E-state index in [2.05, 4.69) is 10.1 Å². The van der Waals surface area contributed by atoms with Crippen LogP contribution in [0.1, 0.15) is 11.4 Å². The van der Waals surface area contributed by atoms with Gasteiger partial charge in [-0.15, -0.1) is 11.3 Å². The molecule has 0 radical (unpaired) electrons. The standard InChI is InChI=1S/C18H20FN3O3S/c1-12-16(18-20-15(9-23)10-26-18)17(13-3-5-14(19)6-4-13)21-22(12)11-25-8-7-24-2/h3-6,10,23H,7-9,11H2,1-2H3. The zero-order chi connectivity index (χ0) is 18.5. The van der Waals surface area contributed by atoms with Gasteiger partial charge >= 0.3 is 0 Å². The minimum atomic E-state index is -0.300. The number of aliphatic hydroxyl groups is 1. The van der Waals surface area contributed by atoms with Gasteiger partial charge in [0, 0.05) is 23.7 Å². The van der Waals surface area contributed by atoms with Crippen LogP contribution in [0.25, 0.3) is 21.8 Å². The molecule has 3 aromatic rings. The highest BCUT2D eigenvalue weighted by molar-refractivity contribution is 7.13. The molecule has 0 atom stereocenters. The summed E-state index contributed by atoms with van der Waals surface area (Å²) in [5, 5.41) is 16.5. The first-order valence-corrected chi connectivity index (χ1v) is 8.97. The number of methoxy groups -OCH3 is 1. The Morgan fingerprint density at radius 1 is 1.23 bits per heavy atom. The number of halogens is 1. The Morgan fingerprint density at radius 2 is 2.00 bits per heavy atom. The predicted molar refractivity (Wildman–Crippen MR) is 97.2 cm³/mol. The fourth-order valence-corrected chi connectivity index (χ4v) is 3.43. The number of rotatable bonds is 8. The third-order valence-corrected chi connectivity index (χ3v) is 4.81. The Labute approximate surface area is 154 Å². The Morgan fingerprint density at radius 3 is 2.65 bits per heavy atom. The van der Waals surface area contributed by atoms with E-state index in [1.54, 1.807) is 23.9 Å². The number of thiazole rings is 1. The quantitative estimate of drug-likeness (QED) is 0.611. The van der Waals surface area contributed by atoms with Crippen molar-refractivity contribution in [3.63, 3.8) is 0 Å². The molecule has 138 valence electrons. The van der Waals surface area contributed by atoms with Crippen LogP contribution in [0.5, 0.6) is 0 Å². The van der Waals surface area contributed by atoms with Gasteiger partial charge in [0.1, 0.15) is 23.2 Å². The lowest BCUT2D eigenvalue weighted by atomic mass is 10.1. The predicted octanol–water partition coefficient (Wildman–Crippen LogP) is 3.23. The highest BCUT2D eigenvalue weighted by Crippen LogP contribution is 2.36. The Balaban J connectivity index is 2.01. The average Bonchev–Trinajstić information content (AvgIpc) is 3.24. The van der Waals surface area contributed by atoms with Crippen molar-refractivity contribution in [2.45, 2.75) is 20.3 Å². The van der Waals surface area contributed by atoms with Crippen LogP contribution in [0, 0.1) is 12.7 Å². The number of hydrogen-bond donors (Lipinski definition) is 1. The van der Waals surface area contributed by atoms with Gasteiger partial charge in [-0.25, -0.2) is 14.1 Å². The van der Waals surface area contributed by atoms with Gasteiger partial charge in [-0.3, -0.25) is 0 Å². The molecule has 1 aromatic carbocycles. The fraction of sp³-hybridized carbons (Fsp3) is 0.333. The summed E-state index contributed by atoms with van der Waals surface area (Å²) in [6.45, 7) is 3.07. The lowest BCUT2D eigenvalue weighted by Crippen LogP contribution is -2.09. The van der Waals surface area contributed by atoms with Crippen LogP contribution in [0.4, 0.5) is 4.39 Å². The van der Waals surface area contributed by atoms with E-state index in [0.29, 0.717) is 24.6 Å². The molecule has 0 unspecified atom stereocenters. The number of ether oxygens (including phenoxy) is 2. The molecule has 0 spiro atoms. The van der Waals surface area contributed by atoms with E-state index < -0.39 is 0 Å². The molecule has 8 heteroatoms. The molecule has 0 aliphatic heterocycles. The van der Waals surface area contributed by atoms with E-state index in [9.17, 15) is 9.50 Å². The van der Waals surface area contributed by atoms with Crippen molar-refractivity contribution in [3.8, 4) is 21.8 Å². The van der Waals surface area contributed by atoms with Crippen molar-refractivity contribution >= 4 is 11.3 Å². The Bertz CT molecular complexity index is 861. The first kappa shape index (κ1) is 18.7. The number of benzene rings is 1. The molecule has 6 nitrogen and oxygen atoms in total. The SMILES string of the molecule is COCCOCn1nc(-c2ccc(F)cc2)c(-c2nc(CO)cs2)c1C. The van der Waals surface area contributed by atoms with E-state index in [0.717, 1.165) is 21.8 Å². The number of nitrogens with zero attached hydrogens (tertiary/aromatic N) is 3. The van der Waals surface area contributed by atoms with Gasteiger partial charge < -0.3 is 14.6 Å². The van der Waals surface area contributed by atoms with Crippen molar-refractivity contribution in [2.24, 2.45) is 0 Å². The fourth-order valence-electron chi connectivity index (χ4n) is 2.53. The molecular formula is C18H20FN3O3S. The topological polar surface area (TPSA) is 69.4 Å². The van der Waals surface area contributed by atoms with Crippen molar-refractivity contribution in [2.75, 3.05) is 20.3 Å². The van der Waals surface area contributed by atoms with Crippen LogP contribution in [0.3, 0.4) is 0 Å². The molecule has 0 fully saturated rings. The van der Waals surface area contributed by atoms with Crippen LogP contribution in [0.15, 0.2) is 29.6 Å². The van der Waals surface area contributed by atoms with Crippen LogP contribution in [0.2, 0.25) is 0 Å². The van der Waals surface area contributed by atoms with E-state index in [-0.39, 0.29) is 19.2 Å². The number of aromatic nitrogens is 3. The first-order valence-electron chi connectivity index (χ1n) is 8.09. The third kappa shape index (κ3) is 3.99. The van der Waals surface area contributed by atoms with Gasteiger partial charge in [-0.05, 0) is 31.2 Å².